The van der Waals surface area contributed by atoms with E-state index >= 15 is 0 Å². The van der Waals surface area contributed by atoms with E-state index in [1.54, 1.807) is 43.5 Å². The molecule has 0 bridgehead atoms. The zero-order chi connectivity index (χ0) is 16.4. The number of amides is 1. The molecule has 1 amide bonds. The normalized spacial score (nSPS) is 15.5. The SMILES string of the molecule is COc1ccc(NC(=O)c2ccc3c(c2)CCCS3(=O)=O)cc1. The summed E-state index contributed by atoms with van der Waals surface area (Å²) in [5.74, 6) is 0.625. The number of sulfone groups is 1. The summed E-state index contributed by atoms with van der Waals surface area (Å²) in [6, 6.07) is 11.8. The molecular formula is C17H17NO4S. The fourth-order valence-corrected chi connectivity index (χ4v) is 4.24. The summed E-state index contributed by atoms with van der Waals surface area (Å²) in [5.41, 5.74) is 1.83. The molecule has 3 rings (SSSR count). The van der Waals surface area contributed by atoms with Gasteiger partial charge in [-0.25, -0.2) is 8.42 Å². The number of benzene rings is 2. The van der Waals surface area contributed by atoms with Crippen LogP contribution in [0.15, 0.2) is 47.4 Å². The summed E-state index contributed by atoms with van der Waals surface area (Å²) in [5, 5.41) is 2.79. The third-order valence-corrected chi connectivity index (χ3v) is 5.76. The molecule has 0 saturated heterocycles. The van der Waals surface area contributed by atoms with Gasteiger partial charge in [0.1, 0.15) is 5.75 Å². The fraction of sp³-hybridized carbons (Fsp3) is 0.235. The topological polar surface area (TPSA) is 72.5 Å². The second kappa shape index (κ2) is 6.04. The minimum atomic E-state index is -3.20. The first kappa shape index (κ1) is 15.6. The molecule has 0 spiro atoms. The molecule has 1 aliphatic rings. The Labute approximate surface area is 135 Å². The minimum absolute atomic E-state index is 0.178. The van der Waals surface area contributed by atoms with E-state index in [9.17, 15) is 13.2 Å². The largest absolute Gasteiger partial charge is 0.497 e. The number of aryl methyl sites for hydroxylation is 1. The monoisotopic (exact) mass is 331 g/mol. The van der Waals surface area contributed by atoms with Crippen LogP contribution in [-0.4, -0.2) is 27.2 Å². The molecule has 1 heterocycles. The maximum atomic E-state index is 12.3. The number of fused-ring (bicyclic) bond motifs is 1. The maximum Gasteiger partial charge on any atom is 0.255 e. The van der Waals surface area contributed by atoms with Crippen molar-refractivity contribution in [2.45, 2.75) is 17.7 Å². The molecule has 0 saturated carbocycles. The van der Waals surface area contributed by atoms with Crippen LogP contribution in [0.4, 0.5) is 5.69 Å². The van der Waals surface area contributed by atoms with E-state index in [1.165, 1.54) is 6.07 Å². The summed E-state index contributed by atoms with van der Waals surface area (Å²) in [4.78, 5) is 12.7. The Kier molecular flexibility index (Phi) is 4.09. The van der Waals surface area contributed by atoms with Crippen LogP contribution in [0.25, 0.3) is 0 Å². The van der Waals surface area contributed by atoms with Crippen molar-refractivity contribution in [3.8, 4) is 5.75 Å². The molecule has 0 radical (unpaired) electrons. The molecule has 0 aromatic heterocycles. The van der Waals surface area contributed by atoms with Crippen molar-refractivity contribution >= 4 is 21.4 Å². The van der Waals surface area contributed by atoms with E-state index in [0.717, 1.165) is 5.56 Å². The number of anilines is 1. The number of methoxy groups -OCH3 is 1. The number of ether oxygens (including phenoxy) is 1. The summed E-state index contributed by atoms with van der Waals surface area (Å²) in [6.45, 7) is 0. The molecule has 0 atom stereocenters. The van der Waals surface area contributed by atoms with Gasteiger partial charge in [-0.1, -0.05) is 0 Å². The van der Waals surface area contributed by atoms with Crippen LogP contribution in [0.2, 0.25) is 0 Å². The molecule has 1 N–H and O–H groups in total. The molecule has 5 nitrogen and oxygen atoms in total. The molecule has 0 aliphatic carbocycles. The third-order valence-electron chi connectivity index (χ3n) is 3.86. The van der Waals surface area contributed by atoms with Gasteiger partial charge < -0.3 is 10.1 Å². The Morgan fingerprint density at radius 3 is 2.57 bits per heavy atom. The first-order valence-electron chi connectivity index (χ1n) is 7.31. The fourth-order valence-electron chi connectivity index (χ4n) is 2.66. The zero-order valence-electron chi connectivity index (χ0n) is 12.7. The Morgan fingerprint density at radius 1 is 1.13 bits per heavy atom. The lowest BCUT2D eigenvalue weighted by Gasteiger charge is -2.17. The Balaban J connectivity index is 1.82. The third kappa shape index (κ3) is 3.22. The van der Waals surface area contributed by atoms with Crippen LogP contribution in [0.5, 0.6) is 5.75 Å². The lowest BCUT2D eigenvalue weighted by molar-refractivity contribution is 0.102. The number of carbonyl (C=O) groups is 1. The highest BCUT2D eigenvalue weighted by Crippen LogP contribution is 2.26. The average molecular weight is 331 g/mol. The molecule has 1 aliphatic heterocycles. The molecule has 6 heteroatoms. The van der Waals surface area contributed by atoms with E-state index < -0.39 is 9.84 Å². The van der Waals surface area contributed by atoms with Crippen molar-refractivity contribution in [3.63, 3.8) is 0 Å². The highest BCUT2D eigenvalue weighted by atomic mass is 32.2. The van der Waals surface area contributed by atoms with Crippen molar-refractivity contribution in [1.29, 1.82) is 0 Å². The lowest BCUT2D eigenvalue weighted by atomic mass is 10.1. The molecular weight excluding hydrogens is 314 g/mol. The second-order valence-corrected chi connectivity index (χ2v) is 7.51. The first-order chi connectivity index (χ1) is 11.0. The predicted molar refractivity (Wildman–Crippen MR) is 87.8 cm³/mol. The van der Waals surface area contributed by atoms with E-state index in [2.05, 4.69) is 5.32 Å². The van der Waals surface area contributed by atoms with E-state index in [-0.39, 0.29) is 11.7 Å². The Morgan fingerprint density at radius 2 is 1.87 bits per heavy atom. The van der Waals surface area contributed by atoms with Crippen LogP contribution >= 0.6 is 0 Å². The highest BCUT2D eigenvalue weighted by Gasteiger charge is 2.24. The Hall–Kier alpha value is -2.34. The molecule has 2 aromatic rings. The van der Waals surface area contributed by atoms with Crippen molar-refractivity contribution < 1.29 is 17.9 Å². The van der Waals surface area contributed by atoms with Crippen LogP contribution in [0, 0.1) is 0 Å². The summed E-state index contributed by atoms with van der Waals surface area (Å²) < 4.78 is 29.1. The quantitative estimate of drug-likeness (QED) is 0.938. The predicted octanol–water partition coefficient (Wildman–Crippen LogP) is 2.67. The van der Waals surface area contributed by atoms with E-state index in [1.807, 2.05) is 0 Å². The summed E-state index contributed by atoms with van der Waals surface area (Å²) >= 11 is 0. The summed E-state index contributed by atoms with van der Waals surface area (Å²) in [7, 11) is -1.62. The van der Waals surface area contributed by atoms with Gasteiger partial charge in [0.2, 0.25) is 0 Å². The molecule has 0 unspecified atom stereocenters. The van der Waals surface area contributed by atoms with Gasteiger partial charge in [0.05, 0.1) is 17.8 Å². The van der Waals surface area contributed by atoms with Crippen molar-refractivity contribution in [3.05, 3.63) is 53.6 Å². The van der Waals surface area contributed by atoms with Gasteiger partial charge in [-0.05, 0) is 60.9 Å². The Bertz CT molecular complexity index is 841. The zero-order valence-corrected chi connectivity index (χ0v) is 13.5. The van der Waals surface area contributed by atoms with Crippen LogP contribution in [-0.2, 0) is 16.3 Å². The smallest absolute Gasteiger partial charge is 0.255 e. The average Bonchev–Trinajstić information content (AvgIpc) is 2.55. The maximum absolute atomic E-state index is 12.3. The van der Waals surface area contributed by atoms with Gasteiger partial charge in [0.15, 0.2) is 9.84 Å². The van der Waals surface area contributed by atoms with Gasteiger partial charge in [-0.2, -0.15) is 0 Å². The number of rotatable bonds is 3. The molecule has 2 aromatic carbocycles. The number of carbonyl (C=O) groups excluding carboxylic acids is 1. The summed E-state index contributed by atoms with van der Waals surface area (Å²) in [6.07, 6.45) is 1.27. The van der Waals surface area contributed by atoms with Crippen LogP contribution in [0.1, 0.15) is 22.3 Å². The van der Waals surface area contributed by atoms with Gasteiger partial charge >= 0.3 is 0 Å². The van der Waals surface area contributed by atoms with Gasteiger partial charge in [0, 0.05) is 11.3 Å². The number of hydrogen-bond acceptors (Lipinski definition) is 4. The molecule has 0 fully saturated rings. The van der Waals surface area contributed by atoms with Crippen LogP contribution < -0.4 is 10.1 Å². The standard InChI is InChI=1S/C17H17NO4S/c1-22-15-7-5-14(6-8-15)18-17(19)13-4-9-16-12(11-13)3-2-10-23(16,20)21/h4-9,11H,2-3,10H2,1H3,(H,18,19). The van der Waals surface area contributed by atoms with Crippen molar-refractivity contribution in [2.24, 2.45) is 0 Å². The number of nitrogens with one attached hydrogen (secondary N) is 1. The second-order valence-electron chi connectivity index (χ2n) is 5.43. The minimum Gasteiger partial charge on any atom is -0.497 e. The van der Waals surface area contributed by atoms with Crippen LogP contribution in [0.3, 0.4) is 0 Å². The van der Waals surface area contributed by atoms with E-state index in [4.69, 9.17) is 4.74 Å². The van der Waals surface area contributed by atoms with Gasteiger partial charge in [-0.15, -0.1) is 0 Å². The lowest BCUT2D eigenvalue weighted by Crippen LogP contribution is -2.18. The van der Waals surface area contributed by atoms with Crippen molar-refractivity contribution in [2.75, 3.05) is 18.2 Å². The van der Waals surface area contributed by atoms with E-state index in [0.29, 0.717) is 34.7 Å². The highest BCUT2D eigenvalue weighted by molar-refractivity contribution is 7.91. The van der Waals surface area contributed by atoms with Gasteiger partial charge in [-0.3, -0.25) is 4.79 Å². The van der Waals surface area contributed by atoms with Crippen molar-refractivity contribution in [1.82, 2.24) is 0 Å². The number of hydrogen-bond donors (Lipinski definition) is 1. The molecule has 23 heavy (non-hydrogen) atoms. The molecule has 120 valence electrons. The van der Waals surface area contributed by atoms with Gasteiger partial charge in [0.25, 0.3) is 5.91 Å². The first-order valence-corrected chi connectivity index (χ1v) is 8.96.